The maximum Gasteiger partial charge on any atom is 0.243 e. The van der Waals surface area contributed by atoms with Crippen molar-refractivity contribution in [2.45, 2.75) is 89.0 Å². The number of carbonyl (C=O) groups is 4. The molecule has 49 heavy (non-hydrogen) atoms. The Labute approximate surface area is 290 Å². The van der Waals surface area contributed by atoms with Crippen molar-refractivity contribution in [1.82, 2.24) is 31.2 Å². The van der Waals surface area contributed by atoms with Crippen LogP contribution in [0, 0.1) is 0 Å². The van der Waals surface area contributed by atoms with E-state index in [1.54, 1.807) is 12.4 Å². The maximum atomic E-state index is 13.9. The minimum absolute atomic E-state index is 0.213. The molecular weight excluding hydrogens is 618 g/mol. The van der Waals surface area contributed by atoms with Gasteiger partial charge in [-0.05, 0) is 81.6 Å². The highest BCUT2D eigenvalue weighted by Crippen LogP contribution is 2.10. The van der Waals surface area contributed by atoms with Gasteiger partial charge in [0.25, 0.3) is 0 Å². The molecule has 4 atom stereocenters. The van der Waals surface area contributed by atoms with Gasteiger partial charge >= 0.3 is 0 Å². The highest BCUT2D eigenvalue weighted by atomic mass is 16.2. The molecule has 11 nitrogen and oxygen atoms in total. The summed E-state index contributed by atoms with van der Waals surface area (Å²) in [6.45, 7) is 3.16. The largest absolute Gasteiger partial charge is 0.350 e. The van der Waals surface area contributed by atoms with Gasteiger partial charge in [-0.1, -0.05) is 80.4 Å². The number of unbranched alkanes of at least 4 members (excludes halogenated alkanes) is 2. The average Bonchev–Trinajstić information content (AvgIpc) is 3.10. The molecule has 264 valence electrons. The first kappa shape index (κ1) is 38.8. The topological polar surface area (TPSA) is 159 Å². The van der Waals surface area contributed by atoms with Gasteiger partial charge in [-0.15, -0.1) is 0 Å². The van der Waals surface area contributed by atoms with Crippen LogP contribution in [-0.4, -0.2) is 78.3 Å². The van der Waals surface area contributed by atoms with Crippen LogP contribution in [0.1, 0.15) is 62.1 Å². The number of hydrogen-bond donors (Lipinski definition) is 5. The van der Waals surface area contributed by atoms with Crippen LogP contribution in [0.3, 0.4) is 0 Å². The number of nitrogens with one attached hydrogen (secondary N) is 4. The SMILES string of the molecule is CCCC[C@@H](NC(=O)[C@@H](Cc1ccccc1)NC(=O)[C@H](N)Cc1ccccc1)C(=O)N[C@H](CCCCN(C)C)C(=O)NCc1ccncc1. The molecule has 2 aromatic carbocycles. The molecule has 0 fully saturated rings. The first-order valence-corrected chi connectivity index (χ1v) is 17.2. The van der Waals surface area contributed by atoms with Gasteiger partial charge in [-0.2, -0.15) is 0 Å². The van der Waals surface area contributed by atoms with E-state index in [1.807, 2.05) is 93.8 Å². The summed E-state index contributed by atoms with van der Waals surface area (Å²) in [4.78, 5) is 60.4. The predicted octanol–water partition coefficient (Wildman–Crippen LogP) is 2.89. The molecule has 3 aromatic rings. The molecule has 6 N–H and O–H groups in total. The zero-order valence-corrected chi connectivity index (χ0v) is 29.1. The second-order valence-electron chi connectivity index (χ2n) is 12.7. The van der Waals surface area contributed by atoms with Gasteiger partial charge in [0.1, 0.15) is 18.1 Å². The third-order valence-electron chi connectivity index (χ3n) is 8.23. The summed E-state index contributed by atoms with van der Waals surface area (Å²) in [7, 11) is 3.98. The minimum atomic E-state index is -0.973. The zero-order valence-electron chi connectivity index (χ0n) is 29.1. The van der Waals surface area contributed by atoms with E-state index in [9.17, 15) is 19.2 Å². The number of nitrogens with zero attached hydrogens (tertiary/aromatic N) is 2. The van der Waals surface area contributed by atoms with E-state index in [1.165, 1.54) is 0 Å². The van der Waals surface area contributed by atoms with Crippen LogP contribution in [0.2, 0.25) is 0 Å². The number of pyridine rings is 1. The maximum absolute atomic E-state index is 13.9. The number of amides is 4. The van der Waals surface area contributed by atoms with Gasteiger partial charge in [0.15, 0.2) is 0 Å². The van der Waals surface area contributed by atoms with Crippen molar-refractivity contribution in [3.05, 3.63) is 102 Å². The lowest BCUT2D eigenvalue weighted by molar-refractivity contribution is -0.134. The molecular formula is C38H53N7O4. The Morgan fingerprint density at radius 1 is 0.653 bits per heavy atom. The average molecular weight is 672 g/mol. The van der Waals surface area contributed by atoms with E-state index >= 15 is 0 Å². The lowest BCUT2D eigenvalue weighted by Crippen LogP contribution is -2.58. The molecule has 4 amide bonds. The van der Waals surface area contributed by atoms with Gasteiger partial charge in [0.05, 0.1) is 6.04 Å². The molecule has 3 rings (SSSR count). The summed E-state index contributed by atoms with van der Waals surface area (Å²) in [5.74, 6) is -1.69. The van der Waals surface area contributed by atoms with Crippen molar-refractivity contribution in [1.29, 1.82) is 0 Å². The number of benzene rings is 2. The lowest BCUT2D eigenvalue weighted by Gasteiger charge is -2.26. The molecule has 0 spiro atoms. The summed E-state index contributed by atoms with van der Waals surface area (Å²) in [6.07, 6.45) is 7.74. The molecule has 0 bridgehead atoms. The van der Waals surface area contributed by atoms with Crippen molar-refractivity contribution in [3.63, 3.8) is 0 Å². The van der Waals surface area contributed by atoms with Gasteiger partial charge in [-0.25, -0.2) is 0 Å². The van der Waals surface area contributed by atoms with Crippen LogP contribution < -0.4 is 27.0 Å². The number of aromatic nitrogens is 1. The molecule has 0 aliphatic rings. The summed E-state index contributed by atoms with van der Waals surface area (Å²) >= 11 is 0. The second-order valence-corrected chi connectivity index (χ2v) is 12.7. The van der Waals surface area contributed by atoms with E-state index in [-0.39, 0.29) is 12.3 Å². The molecule has 11 heteroatoms. The fourth-order valence-electron chi connectivity index (χ4n) is 5.38. The number of hydrogen-bond acceptors (Lipinski definition) is 7. The minimum Gasteiger partial charge on any atom is -0.350 e. The van der Waals surface area contributed by atoms with Crippen LogP contribution in [-0.2, 0) is 38.6 Å². The Bertz CT molecular complexity index is 1420. The molecule has 0 radical (unpaired) electrons. The van der Waals surface area contributed by atoms with Crippen molar-refractivity contribution in [2.24, 2.45) is 5.73 Å². The van der Waals surface area contributed by atoms with Crippen molar-refractivity contribution < 1.29 is 19.2 Å². The third kappa shape index (κ3) is 14.6. The molecule has 1 heterocycles. The quantitative estimate of drug-likeness (QED) is 0.109. The van der Waals surface area contributed by atoms with Gasteiger partial charge < -0.3 is 31.9 Å². The summed E-state index contributed by atoms with van der Waals surface area (Å²) in [5, 5.41) is 11.6. The van der Waals surface area contributed by atoms with Crippen LogP contribution in [0.4, 0.5) is 0 Å². The van der Waals surface area contributed by atoms with Crippen LogP contribution in [0.25, 0.3) is 0 Å². The van der Waals surface area contributed by atoms with Crippen LogP contribution in [0.5, 0.6) is 0 Å². The van der Waals surface area contributed by atoms with E-state index < -0.39 is 41.9 Å². The summed E-state index contributed by atoms with van der Waals surface area (Å²) in [5.41, 5.74) is 8.91. The smallest absolute Gasteiger partial charge is 0.243 e. The highest BCUT2D eigenvalue weighted by molar-refractivity contribution is 5.95. The molecule has 0 aliphatic carbocycles. The molecule has 1 aromatic heterocycles. The van der Waals surface area contributed by atoms with Gasteiger partial charge in [-0.3, -0.25) is 24.2 Å². The van der Waals surface area contributed by atoms with Crippen molar-refractivity contribution in [2.75, 3.05) is 20.6 Å². The fourth-order valence-corrected chi connectivity index (χ4v) is 5.38. The van der Waals surface area contributed by atoms with E-state index in [0.29, 0.717) is 32.2 Å². The van der Waals surface area contributed by atoms with Gasteiger partial charge in [0.2, 0.25) is 23.6 Å². The first-order valence-electron chi connectivity index (χ1n) is 17.2. The van der Waals surface area contributed by atoms with E-state index in [4.69, 9.17) is 5.73 Å². The summed E-state index contributed by atoms with van der Waals surface area (Å²) in [6, 6.07) is 18.9. The Hall–Kier alpha value is -4.61. The van der Waals surface area contributed by atoms with E-state index in [0.717, 1.165) is 42.5 Å². The number of rotatable bonds is 21. The fraction of sp³-hybridized carbons (Fsp3) is 0.447. The highest BCUT2D eigenvalue weighted by Gasteiger charge is 2.30. The number of carbonyl (C=O) groups excluding carboxylic acids is 4. The number of nitrogens with two attached hydrogens (primary N) is 1. The lowest BCUT2D eigenvalue weighted by atomic mass is 10.0. The molecule has 0 unspecified atom stereocenters. The predicted molar refractivity (Wildman–Crippen MR) is 192 cm³/mol. The zero-order chi connectivity index (χ0) is 35.4. The van der Waals surface area contributed by atoms with Gasteiger partial charge in [0, 0.05) is 25.4 Å². The monoisotopic (exact) mass is 671 g/mol. The molecule has 0 saturated heterocycles. The van der Waals surface area contributed by atoms with E-state index in [2.05, 4.69) is 31.2 Å². The Morgan fingerprint density at radius 3 is 1.78 bits per heavy atom. The Balaban J connectivity index is 1.74. The molecule has 0 aliphatic heterocycles. The Kier molecular flexibility index (Phi) is 16.9. The third-order valence-corrected chi connectivity index (χ3v) is 8.23. The Morgan fingerprint density at radius 2 is 1.18 bits per heavy atom. The van der Waals surface area contributed by atoms with Crippen molar-refractivity contribution >= 4 is 23.6 Å². The van der Waals surface area contributed by atoms with Crippen LogP contribution >= 0.6 is 0 Å². The van der Waals surface area contributed by atoms with Crippen LogP contribution in [0.15, 0.2) is 85.2 Å². The van der Waals surface area contributed by atoms with Crippen molar-refractivity contribution in [3.8, 4) is 0 Å². The first-order chi connectivity index (χ1) is 23.7. The summed E-state index contributed by atoms with van der Waals surface area (Å²) < 4.78 is 0. The normalized spacial score (nSPS) is 13.5. The standard InChI is InChI=1S/C38H53N7O4/c1-4-5-18-33(37(48)42-32(19-12-13-24-45(2)3)36(47)41-27-30-20-22-40-23-21-30)43-38(49)34(26-29-16-10-7-11-17-29)44-35(46)31(39)25-28-14-8-6-9-15-28/h6-11,14-17,20-23,31-34H,4-5,12-13,18-19,24-27,39H2,1-3H3,(H,41,47)(H,42,48)(H,43,49)(H,44,46)/t31-,32-,33-,34-/m1/s1. The second kappa shape index (κ2) is 21.4. The molecule has 0 saturated carbocycles.